The van der Waals surface area contributed by atoms with E-state index in [0.717, 1.165) is 37.3 Å². The van der Waals surface area contributed by atoms with Crippen molar-refractivity contribution in [2.24, 2.45) is 0 Å². The molecule has 0 amide bonds. The second-order valence-corrected chi connectivity index (χ2v) is 7.86. The van der Waals surface area contributed by atoms with E-state index in [4.69, 9.17) is 0 Å². The van der Waals surface area contributed by atoms with Gasteiger partial charge in [0, 0.05) is 30.9 Å². The Bertz CT molecular complexity index is 823. The lowest BCUT2D eigenvalue weighted by Crippen LogP contribution is -2.04. The second-order valence-electron chi connectivity index (χ2n) is 6.76. The summed E-state index contributed by atoms with van der Waals surface area (Å²) in [5, 5.41) is 12.3. The van der Waals surface area contributed by atoms with Gasteiger partial charge in [0.2, 0.25) is 5.16 Å². The van der Waals surface area contributed by atoms with Crippen LogP contribution in [0, 0.1) is 6.92 Å². The van der Waals surface area contributed by atoms with E-state index in [1.54, 1.807) is 6.33 Å². The van der Waals surface area contributed by atoms with Crippen LogP contribution < -0.4 is 0 Å². The van der Waals surface area contributed by atoms with E-state index in [2.05, 4.69) is 67.6 Å². The summed E-state index contributed by atoms with van der Waals surface area (Å²) in [6, 6.07) is 2.12. The van der Waals surface area contributed by atoms with Crippen LogP contribution in [0.2, 0.25) is 0 Å². The van der Waals surface area contributed by atoms with Gasteiger partial charge in [-0.2, -0.15) is 5.10 Å². The van der Waals surface area contributed by atoms with Crippen LogP contribution >= 0.6 is 22.5 Å². The van der Waals surface area contributed by atoms with Gasteiger partial charge in [0.25, 0.3) is 0 Å². The summed E-state index contributed by atoms with van der Waals surface area (Å²) >= 11 is 4.11. The second kappa shape index (κ2) is 8.77. The zero-order valence-electron chi connectivity index (χ0n) is 15.3. The molecule has 26 heavy (non-hydrogen) atoms. The van der Waals surface area contributed by atoms with Crippen LogP contribution in [0.1, 0.15) is 55.6 Å². The fourth-order valence-corrected chi connectivity index (χ4v) is 3.33. The number of aromatic nitrogens is 7. The Labute approximate surface area is 162 Å². The van der Waals surface area contributed by atoms with E-state index in [1.165, 1.54) is 16.5 Å². The fraction of sp³-hybridized carbons (Fsp3) is 0.529. The highest BCUT2D eigenvalue weighted by Crippen LogP contribution is 2.21. The number of aromatic amines is 1. The molecule has 0 bridgehead atoms. The minimum absolute atomic E-state index is 0.375. The van der Waals surface area contributed by atoms with Crippen molar-refractivity contribution in [3.05, 3.63) is 42.0 Å². The summed E-state index contributed by atoms with van der Waals surface area (Å²) in [7, 11) is 1.26. The third-order valence-corrected chi connectivity index (χ3v) is 5.46. The van der Waals surface area contributed by atoms with E-state index < -0.39 is 0 Å². The van der Waals surface area contributed by atoms with Gasteiger partial charge in [-0.05, 0) is 42.5 Å². The molecule has 2 unspecified atom stereocenters. The number of nitrogens with zero attached hydrogens (tertiary/aromatic N) is 6. The number of rotatable bonds is 9. The van der Waals surface area contributed by atoms with Gasteiger partial charge in [0.15, 0.2) is 0 Å². The Kier molecular flexibility index (Phi) is 6.42. The van der Waals surface area contributed by atoms with Gasteiger partial charge in [0.05, 0.1) is 17.7 Å². The van der Waals surface area contributed by atoms with Gasteiger partial charge in [-0.1, -0.05) is 13.8 Å². The summed E-state index contributed by atoms with van der Waals surface area (Å²) < 4.78 is 4.04. The first-order valence-corrected chi connectivity index (χ1v) is 10.7. The minimum Gasteiger partial charge on any atom is -0.337 e. The molecule has 9 heteroatoms. The topological polar surface area (TPSA) is 77.2 Å². The molecular formula is C17H25N7S2. The number of imidazole rings is 1. The van der Waals surface area contributed by atoms with E-state index in [9.17, 15) is 0 Å². The van der Waals surface area contributed by atoms with Crippen LogP contribution in [0.4, 0.5) is 0 Å². The molecule has 0 aliphatic carbocycles. The number of hydrogen-bond donors (Lipinski definition) is 2. The third-order valence-electron chi connectivity index (χ3n) is 4.62. The van der Waals surface area contributed by atoms with Crippen molar-refractivity contribution in [1.29, 1.82) is 0 Å². The van der Waals surface area contributed by atoms with Crippen molar-refractivity contribution in [3.63, 3.8) is 0 Å². The molecular weight excluding hydrogens is 366 g/mol. The van der Waals surface area contributed by atoms with Crippen molar-refractivity contribution in [2.75, 3.05) is 0 Å². The molecule has 0 aliphatic heterocycles. The van der Waals surface area contributed by atoms with E-state index >= 15 is 0 Å². The Morgan fingerprint density at radius 3 is 2.65 bits per heavy atom. The fourth-order valence-electron chi connectivity index (χ4n) is 2.85. The standard InChI is InChI=1S/C17H25N7S2/c1-12(15-8-14(3)20-21-15)4-6-23-9-16(18-10-23)13(2)5-7-24-11-19-17(22-24)26-25/h8-13,25H,4-7H2,1-3H3,(H,20,21). The van der Waals surface area contributed by atoms with Gasteiger partial charge >= 0.3 is 0 Å². The van der Waals surface area contributed by atoms with E-state index in [1.807, 2.05) is 17.9 Å². The van der Waals surface area contributed by atoms with Gasteiger partial charge in [0.1, 0.15) is 6.33 Å². The monoisotopic (exact) mass is 391 g/mol. The summed E-state index contributed by atoms with van der Waals surface area (Å²) in [4.78, 5) is 8.75. The maximum Gasteiger partial charge on any atom is 0.218 e. The minimum atomic E-state index is 0.375. The Balaban J connectivity index is 1.48. The molecule has 2 atom stereocenters. The number of thiol groups is 1. The first-order valence-electron chi connectivity index (χ1n) is 8.79. The maximum atomic E-state index is 4.59. The summed E-state index contributed by atoms with van der Waals surface area (Å²) in [6.45, 7) is 8.21. The Morgan fingerprint density at radius 1 is 1.15 bits per heavy atom. The normalized spacial score (nSPS) is 13.8. The quantitative estimate of drug-likeness (QED) is 0.428. The lowest BCUT2D eigenvalue weighted by molar-refractivity contribution is 0.520. The van der Waals surface area contributed by atoms with Crippen LogP contribution in [0.25, 0.3) is 0 Å². The molecule has 140 valence electrons. The molecule has 7 nitrogen and oxygen atoms in total. The number of hydrogen-bond acceptors (Lipinski definition) is 6. The SMILES string of the molecule is Cc1cc(C(C)CCn2cnc(C(C)CCn3cnc(SS)n3)c2)[nH]n1. The van der Waals surface area contributed by atoms with Crippen LogP contribution in [0.15, 0.2) is 30.1 Å². The maximum absolute atomic E-state index is 4.59. The summed E-state index contributed by atoms with van der Waals surface area (Å²) in [5.74, 6) is 0.825. The lowest BCUT2D eigenvalue weighted by Gasteiger charge is -2.10. The van der Waals surface area contributed by atoms with E-state index in [-0.39, 0.29) is 0 Å². The molecule has 0 saturated carbocycles. The van der Waals surface area contributed by atoms with Crippen LogP contribution in [-0.2, 0) is 13.1 Å². The molecule has 0 aromatic carbocycles. The van der Waals surface area contributed by atoms with Crippen molar-refractivity contribution in [2.45, 2.75) is 63.7 Å². The van der Waals surface area contributed by atoms with E-state index in [0.29, 0.717) is 17.0 Å². The van der Waals surface area contributed by atoms with Crippen molar-refractivity contribution < 1.29 is 0 Å². The molecule has 3 heterocycles. The predicted octanol–water partition coefficient (Wildman–Crippen LogP) is 3.83. The average molecular weight is 392 g/mol. The average Bonchev–Trinajstić information content (AvgIpc) is 3.38. The molecule has 0 radical (unpaired) electrons. The van der Waals surface area contributed by atoms with Gasteiger partial charge < -0.3 is 4.57 Å². The van der Waals surface area contributed by atoms with Crippen LogP contribution in [-0.4, -0.2) is 34.5 Å². The van der Waals surface area contributed by atoms with Crippen LogP contribution in [0.5, 0.6) is 0 Å². The zero-order chi connectivity index (χ0) is 18.5. The predicted molar refractivity (Wildman–Crippen MR) is 106 cm³/mol. The Hall–Kier alpha value is -1.74. The lowest BCUT2D eigenvalue weighted by atomic mass is 10.0. The Morgan fingerprint density at radius 2 is 1.96 bits per heavy atom. The van der Waals surface area contributed by atoms with Crippen molar-refractivity contribution >= 4 is 22.5 Å². The third kappa shape index (κ3) is 4.91. The highest BCUT2D eigenvalue weighted by atomic mass is 33.1. The zero-order valence-corrected chi connectivity index (χ0v) is 17.0. The van der Waals surface area contributed by atoms with Crippen LogP contribution in [0.3, 0.4) is 0 Å². The van der Waals surface area contributed by atoms with Gasteiger partial charge in [-0.3, -0.25) is 9.78 Å². The van der Waals surface area contributed by atoms with Gasteiger partial charge in [-0.25, -0.2) is 9.97 Å². The summed E-state index contributed by atoms with van der Waals surface area (Å²) in [6.07, 6.45) is 7.87. The number of aryl methyl sites for hydroxylation is 3. The van der Waals surface area contributed by atoms with Crippen molar-refractivity contribution in [1.82, 2.24) is 34.5 Å². The molecule has 3 rings (SSSR count). The molecule has 0 saturated heterocycles. The highest BCUT2D eigenvalue weighted by Gasteiger charge is 2.12. The van der Waals surface area contributed by atoms with Gasteiger partial charge in [-0.15, -0.1) is 16.8 Å². The highest BCUT2D eigenvalue weighted by molar-refractivity contribution is 8.68. The molecule has 0 aliphatic rings. The number of H-pyrrole nitrogens is 1. The molecule has 1 N–H and O–H groups in total. The van der Waals surface area contributed by atoms with Crippen molar-refractivity contribution in [3.8, 4) is 0 Å². The molecule has 0 fully saturated rings. The smallest absolute Gasteiger partial charge is 0.218 e. The first-order chi connectivity index (χ1) is 12.5. The first kappa shape index (κ1) is 19.0. The molecule has 3 aromatic rings. The molecule has 0 spiro atoms. The largest absolute Gasteiger partial charge is 0.337 e. The number of nitrogens with one attached hydrogen (secondary N) is 1. The summed E-state index contributed by atoms with van der Waals surface area (Å²) in [5.41, 5.74) is 3.36. The molecule has 3 aromatic heterocycles.